The zero-order valence-electron chi connectivity index (χ0n) is 12.8. The van der Waals surface area contributed by atoms with Crippen molar-refractivity contribution in [1.82, 2.24) is 4.90 Å². The maximum atomic E-state index is 12.2. The SMILES string of the molecule is CC(C)(C)OC(=O)N1CCCC1c1ccc(C(N)=O)cc1. The lowest BCUT2D eigenvalue weighted by molar-refractivity contribution is 0.0224. The summed E-state index contributed by atoms with van der Waals surface area (Å²) in [5.41, 5.74) is 6.21. The van der Waals surface area contributed by atoms with Crippen LogP contribution in [0.2, 0.25) is 0 Å². The Morgan fingerprint density at radius 1 is 1.24 bits per heavy atom. The van der Waals surface area contributed by atoms with E-state index in [0.717, 1.165) is 18.4 Å². The van der Waals surface area contributed by atoms with Gasteiger partial charge in [0.2, 0.25) is 5.91 Å². The molecule has 1 atom stereocenters. The van der Waals surface area contributed by atoms with E-state index in [1.165, 1.54) is 0 Å². The summed E-state index contributed by atoms with van der Waals surface area (Å²) in [5, 5.41) is 0. The number of nitrogens with zero attached hydrogens (tertiary/aromatic N) is 1. The molecule has 2 rings (SSSR count). The number of carbonyl (C=O) groups is 2. The van der Waals surface area contributed by atoms with E-state index in [1.54, 1.807) is 17.0 Å². The molecule has 0 radical (unpaired) electrons. The molecule has 1 unspecified atom stereocenters. The number of ether oxygens (including phenoxy) is 1. The van der Waals surface area contributed by atoms with E-state index < -0.39 is 11.5 Å². The minimum atomic E-state index is -0.500. The summed E-state index contributed by atoms with van der Waals surface area (Å²) in [5.74, 6) is -0.447. The molecular weight excluding hydrogens is 268 g/mol. The molecule has 1 aromatic rings. The highest BCUT2D eigenvalue weighted by Gasteiger charge is 2.33. The summed E-state index contributed by atoms with van der Waals surface area (Å²) in [6.07, 6.45) is 1.56. The van der Waals surface area contributed by atoms with Crippen LogP contribution < -0.4 is 5.73 Å². The molecular formula is C16H22N2O3. The smallest absolute Gasteiger partial charge is 0.410 e. The maximum absolute atomic E-state index is 12.2. The Morgan fingerprint density at radius 3 is 2.38 bits per heavy atom. The number of likely N-dealkylation sites (tertiary alicyclic amines) is 1. The number of hydrogen-bond acceptors (Lipinski definition) is 3. The van der Waals surface area contributed by atoms with E-state index in [2.05, 4.69) is 0 Å². The number of primary amides is 1. The van der Waals surface area contributed by atoms with Gasteiger partial charge in [-0.2, -0.15) is 0 Å². The Bertz CT molecular complexity index is 531. The molecule has 5 heteroatoms. The van der Waals surface area contributed by atoms with E-state index in [4.69, 9.17) is 10.5 Å². The third-order valence-electron chi connectivity index (χ3n) is 3.46. The van der Waals surface area contributed by atoms with Gasteiger partial charge in [0.25, 0.3) is 0 Å². The number of hydrogen-bond donors (Lipinski definition) is 1. The molecule has 1 aliphatic heterocycles. The van der Waals surface area contributed by atoms with Crippen molar-refractivity contribution >= 4 is 12.0 Å². The Labute approximate surface area is 125 Å². The van der Waals surface area contributed by atoms with Crippen molar-refractivity contribution in [2.45, 2.75) is 45.3 Å². The molecule has 0 aliphatic carbocycles. The van der Waals surface area contributed by atoms with Gasteiger partial charge in [-0.3, -0.25) is 4.79 Å². The zero-order chi connectivity index (χ0) is 15.6. The molecule has 1 fully saturated rings. The maximum Gasteiger partial charge on any atom is 0.410 e. The number of nitrogens with two attached hydrogens (primary N) is 1. The van der Waals surface area contributed by atoms with Gasteiger partial charge in [0.05, 0.1) is 6.04 Å². The first-order valence-corrected chi connectivity index (χ1v) is 7.17. The Balaban J connectivity index is 2.14. The van der Waals surface area contributed by atoms with Crippen LogP contribution in [0.1, 0.15) is 55.6 Å². The number of amides is 2. The first-order chi connectivity index (χ1) is 9.78. The Morgan fingerprint density at radius 2 is 1.86 bits per heavy atom. The molecule has 1 heterocycles. The van der Waals surface area contributed by atoms with Crippen molar-refractivity contribution in [1.29, 1.82) is 0 Å². The van der Waals surface area contributed by atoms with Gasteiger partial charge in [-0.15, -0.1) is 0 Å². The fourth-order valence-electron chi connectivity index (χ4n) is 2.52. The average molecular weight is 290 g/mol. The third kappa shape index (κ3) is 3.74. The van der Waals surface area contributed by atoms with E-state index in [9.17, 15) is 9.59 Å². The summed E-state index contributed by atoms with van der Waals surface area (Å²) in [7, 11) is 0. The zero-order valence-corrected chi connectivity index (χ0v) is 12.8. The van der Waals surface area contributed by atoms with Crippen LogP contribution in [0.25, 0.3) is 0 Å². The van der Waals surface area contributed by atoms with E-state index in [1.807, 2.05) is 32.9 Å². The summed E-state index contributed by atoms with van der Waals surface area (Å²) in [6, 6.07) is 7.11. The van der Waals surface area contributed by atoms with Gasteiger partial charge in [0, 0.05) is 12.1 Å². The minimum absolute atomic E-state index is 0.00164. The van der Waals surface area contributed by atoms with Crippen LogP contribution in [0, 0.1) is 0 Å². The van der Waals surface area contributed by atoms with E-state index in [0.29, 0.717) is 12.1 Å². The highest BCUT2D eigenvalue weighted by atomic mass is 16.6. The topological polar surface area (TPSA) is 72.6 Å². The van der Waals surface area contributed by atoms with Gasteiger partial charge in [0.15, 0.2) is 0 Å². The molecule has 2 N–H and O–H groups in total. The second-order valence-corrected chi connectivity index (χ2v) is 6.32. The second-order valence-electron chi connectivity index (χ2n) is 6.32. The second kappa shape index (κ2) is 5.76. The molecule has 1 saturated heterocycles. The molecule has 0 bridgehead atoms. The van der Waals surface area contributed by atoms with Gasteiger partial charge < -0.3 is 15.4 Å². The van der Waals surface area contributed by atoms with E-state index >= 15 is 0 Å². The highest BCUT2D eigenvalue weighted by molar-refractivity contribution is 5.92. The van der Waals surface area contributed by atoms with Gasteiger partial charge in [-0.1, -0.05) is 12.1 Å². The van der Waals surface area contributed by atoms with Crippen molar-refractivity contribution in [3.05, 3.63) is 35.4 Å². The number of benzene rings is 1. The Kier molecular flexibility index (Phi) is 4.21. The molecule has 5 nitrogen and oxygen atoms in total. The predicted molar refractivity (Wildman–Crippen MR) is 79.9 cm³/mol. The monoisotopic (exact) mass is 290 g/mol. The molecule has 21 heavy (non-hydrogen) atoms. The molecule has 1 aliphatic rings. The number of rotatable bonds is 2. The largest absolute Gasteiger partial charge is 0.444 e. The molecule has 2 amide bonds. The summed E-state index contributed by atoms with van der Waals surface area (Å²) >= 11 is 0. The van der Waals surface area contributed by atoms with Crippen LogP contribution in [-0.4, -0.2) is 29.0 Å². The molecule has 114 valence electrons. The molecule has 0 saturated carbocycles. The van der Waals surface area contributed by atoms with E-state index in [-0.39, 0.29) is 12.1 Å². The quantitative estimate of drug-likeness (QED) is 0.910. The lowest BCUT2D eigenvalue weighted by atomic mass is 10.0. The van der Waals surface area contributed by atoms with Crippen LogP contribution in [0.15, 0.2) is 24.3 Å². The average Bonchev–Trinajstić information content (AvgIpc) is 2.86. The standard InChI is InChI=1S/C16H22N2O3/c1-16(2,3)21-15(20)18-10-4-5-13(18)11-6-8-12(9-7-11)14(17)19/h6-9,13H,4-5,10H2,1-3H3,(H2,17,19). The predicted octanol–water partition coefficient (Wildman–Crippen LogP) is 2.86. The van der Waals surface area contributed by atoms with Crippen molar-refractivity contribution in [3.8, 4) is 0 Å². The number of carbonyl (C=O) groups excluding carboxylic acids is 2. The lowest BCUT2D eigenvalue weighted by Crippen LogP contribution is -2.36. The van der Waals surface area contributed by atoms with Crippen LogP contribution in [0.3, 0.4) is 0 Å². The van der Waals surface area contributed by atoms with Crippen LogP contribution >= 0.6 is 0 Å². The Hall–Kier alpha value is -2.04. The minimum Gasteiger partial charge on any atom is -0.444 e. The molecule has 1 aromatic carbocycles. The van der Waals surface area contributed by atoms with Gasteiger partial charge in [-0.25, -0.2) is 4.79 Å². The normalized spacial score (nSPS) is 18.6. The van der Waals surface area contributed by atoms with Crippen molar-refractivity contribution in [3.63, 3.8) is 0 Å². The van der Waals surface area contributed by atoms with Gasteiger partial charge in [-0.05, 0) is 51.3 Å². The van der Waals surface area contributed by atoms with Crippen molar-refractivity contribution in [2.75, 3.05) is 6.54 Å². The fourth-order valence-corrected chi connectivity index (χ4v) is 2.52. The van der Waals surface area contributed by atoms with Crippen LogP contribution in [0.5, 0.6) is 0 Å². The summed E-state index contributed by atoms with van der Waals surface area (Å²) < 4.78 is 5.45. The van der Waals surface area contributed by atoms with Crippen molar-refractivity contribution < 1.29 is 14.3 Å². The molecule has 0 spiro atoms. The molecule has 0 aromatic heterocycles. The third-order valence-corrected chi connectivity index (χ3v) is 3.46. The van der Waals surface area contributed by atoms with Crippen LogP contribution in [0.4, 0.5) is 4.79 Å². The summed E-state index contributed by atoms with van der Waals surface area (Å²) in [4.78, 5) is 25.1. The highest BCUT2D eigenvalue weighted by Crippen LogP contribution is 2.33. The van der Waals surface area contributed by atoms with Crippen LogP contribution in [-0.2, 0) is 4.74 Å². The first-order valence-electron chi connectivity index (χ1n) is 7.17. The van der Waals surface area contributed by atoms with Crippen molar-refractivity contribution in [2.24, 2.45) is 5.73 Å². The first kappa shape index (κ1) is 15.4. The van der Waals surface area contributed by atoms with Gasteiger partial charge >= 0.3 is 6.09 Å². The summed E-state index contributed by atoms with van der Waals surface area (Å²) in [6.45, 7) is 6.27. The fraction of sp³-hybridized carbons (Fsp3) is 0.500. The lowest BCUT2D eigenvalue weighted by Gasteiger charge is -2.28. The van der Waals surface area contributed by atoms with Gasteiger partial charge in [0.1, 0.15) is 5.60 Å².